The highest BCUT2D eigenvalue weighted by Gasteiger charge is 2.31. The minimum absolute atomic E-state index is 0.572. The molecular formula is C12H23NO2. The van der Waals surface area contributed by atoms with E-state index in [4.69, 9.17) is 15.2 Å². The lowest BCUT2D eigenvalue weighted by molar-refractivity contribution is 0.292. The summed E-state index contributed by atoms with van der Waals surface area (Å²) in [5.41, 5.74) is 5.49. The molecule has 2 heterocycles. The van der Waals surface area contributed by atoms with Crippen molar-refractivity contribution in [1.29, 1.82) is 0 Å². The Kier molecular flexibility index (Phi) is 4.42. The number of hydrogen-bond donors (Lipinski definition) is 1. The molecule has 0 aromatic rings. The molecule has 0 aliphatic carbocycles. The zero-order valence-corrected chi connectivity index (χ0v) is 9.49. The average Bonchev–Trinajstić information content (AvgIpc) is 3.07. The molecule has 2 aliphatic rings. The Bertz CT molecular complexity index is 164. The van der Waals surface area contributed by atoms with Gasteiger partial charge in [0.15, 0.2) is 0 Å². The number of epoxide rings is 2. The minimum atomic E-state index is 0.572. The summed E-state index contributed by atoms with van der Waals surface area (Å²) >= 11 is 0. The first-order chi connectivity index (χ1) is 7.38. The van der Waals surface area contributed by atoms with E-state index in [1.807, 2.05) is 0 Å². The summed E-state index contributed by atoms with van der Waals surface area (Å²) in [6, 6.07) is 0. The fourth-order valence-corrected chi connectivity index (χ4v) is 2.24. The SMILES string of the molecule is NCCCCCC(CC1CO1)CC1CO1. The van der Waals surface area contributed by atoms with Crippen LogP contribution < -0.4 is 5.73 Å². The van der Waals surface area contributed by atoms with Crippen molar-refractivity contribution in [3.05, 3.63) is 0 Å². The largest absolute Gasteiger partial charge is 0.373 e. The molecular weight excluding hydrogens is 190 g/mol. The number of rotatable bonds is 9. The van der Waals surface area contributed by atoms with E-state index >= 15 is 0 Å². The first kappa shape index (κ1) is 11.4. The van der Waals surface area contributed by atoms with E-state index in [0.717, 1.165) is 25.7 Å². The smallest absolute Gasteiger partial charge is 0.0812 e. The van der Waals surface area contributed by atoms with Crippen molar-refractivity contribution < 1.29 is 9.47 Å². The molecule has 2 fully saturated rings. The molecule has 2 saturated heterocycles. The molecule has 0 spiro atoms. The molecule has 0 amide bonds. The molecule has 2 atom stereocenters. The maximum Gasteiger partial charge on any atom is 0.0812 e. The minimum Gasteiger partial charge on any atom is -0.373 e. The lowest BCUT2D eigenvalue weighted by Gasteiger charge is -2.14. The first-order valence-corrected chi connectivity index (χ1v) is 6.31. The zero-order valence-electron chi connectivity index (χ0n) is 9.49. The molecule has 0 aromatic carbocycles. The van der Waals surface area contributed by atoms with Gasteiger partial charge in [0.25, 0.3) is 0 Å². The van der Waals surface area contributed by atoms with Gasteiger partial charge in [0, 0.05) is 0 Å². The number of ether oxygens (including phenoxy) is 2. The number of hydrogen-bond acceptors (Lipinski definition) is 3. The summed E-state index contributed by atoms with van der Waals surface area (Å²) in [6.07, 6.45) is 8.76. The molecule has 2 rings (SSSR count). The highest BCUT2D eigenvalue weighted by atomic mass is 16.6. The molecule has 0 bridgehead atoms. The van der Waals surface area contributed by atoms with Crippen LogP contribution in [0.4, 0.5) is 0 Å². The molecule has 88 valence electrons. The molecule has 0 radical (unpaired) electrons. The van der Waals surface area contributed by atoms with Gasteiger partial charge in [-0.25, -0.2) is 0 Å². The van der Waals surface area contributed by atoms with Crippen molar-refractivity contribution in [2.75, 3.05) is 19.8 Å². The Morgan fingerprint density at radius 3 is 2.07 bits per heavy atom. The van der Waals surface area contributed by atoms with E-state index in [2.05, 4.69) is 0 Å². The topological polar surface area (TPSA) is 51.1 Å². The van der Waals surface area contributed by atoms with Crippen LogP contribution in [-0.4, -0.2) is 32.0 Å². The normalized spacial score (nSPS) is 30.2. The van der Waals surface area contributed by atoms with E-state index in [0.29, 0.717) is 12.2 Å². The van der Waals surface area contributed by atoms with Crippen molar-refractivity contribution in [2.45, 2.75) is 50.7 Å². The summed E-state index contributed by atoms with van der Waals surface area (Å²) in [4.78, 5) is 0. The molecule has 2 aliphatic heterocycles. The molecule has 0 aromatic heterocycles. The van der Waals surface area contributed by atoms with Gasteiger partial charge in [0.2, 0.25) is 0 Å². The first-order valence-electron chi connectivity index (χ1n) is 6.31. The monoisotopic (exact) mass is 213 g/mol. The van der Waals surface area contributed by atoms with Crippen molar-refractivity contribution in [3.8, 4) is 0 Å². The Morgan fingerprint density at radius 1 is 1.00 bits per heavy atom. The molecule has 15 heavy (non-hydrogen) atoms. The van der Waals surface area contributed by atoms with Crippen LogP contribution in [0.15, 0.2) is 0 Å². The second-order valence-corrected chi connectivity index (χ2v) is 4.89. The summed E-state index contributed by atoms with van der Waals surface area (Å²) in [5.74, 6) is 0.822. The third-order valence-corrected chi connectivity index (χ3v) is 3.31. The van der Waals surface area contributed by atoms with E-state index in [9.17, 15) is 0 Å². The Hall–Kier alpha value is -0.120. The fourth-order valence-electron chi connectivity index (χ4n) is 2.24. The lowest BCUT2D eigenvalue weighted by atomic mass is 9.92. The Morgan fingerprint density at radius 2 is 1.60 bits per heavy atom. The van der Waals surface area contributed by atoms with E-state index < -0.39 is 0 Å². The maximum absolute atomic E-state index is 5.49. The van der Waals surface area contributed by atoms with E-state index in [1.165, 1.54) is 38.5 Å². The zero-order chi connectivity index (χ0) is 10.5. The lowest BCUT2D eigenvalue weighted by Crippen LogP contribution is -2.08. The molecule has 0 saturated carbocycles. The van der Waals surface area contributed by atoms with Crippen LogP contribution in [0, 0.1) is 5.92 Å². The van der Waals surface area contributed by atoms with Crippen molar-refractivity contribution >= 4 is 0 Å². The molecule has 3 nitrogen and oxygen atoms in total. The number of nitrogens with two attached hydrogens (primary N) is 1. The molecule has 2 N–H and O–H groups in total. The van der Waals surface area contributed by atoms with E-state index in [-0.39, 0.29) is 0 Å². The highest BCUT2D eigenvalue weighted by molar-refractivity contribution is 4.79. The predicted molar refractivity (Wildman–Crippen MR) is 59.7 cm³/mol. The van der Waals surface area contributed by atoms with Crippen LogP contribution in [0.5, 0.6) is 0 Å². The van der Waals surface area contributed by atoms with Crippen LogP contribution in [0.2, 0.25) is 0 Å². The van der Waals surface area contributed by atoms with E-state index in [1.54, 1.807) is 0 Å². The summed E-state index contributed by atoms with van der Waals surface area (Å²) in [7, 11) is 0. The third-order valence-electron chi connectivity index (χ3n) is 3.31. The Balaban J connectivity index is 1.57. The second-order valence-electron chi connectivity index (χ2n) is 4.89. The summed E-state index contributed by atoms with van der Waals surface area (Å²) < 4.78 is 10.6. The van der Waals surface area contributed by atoms with Crippen LogP contribution in [0.1, 0.15) is 38.5 Å². The van der Waals surface area contributed by atoms with Crippen molar-refractivity contribution in [2.24, 2.45) is 11.7 Å². The van der Waals surface area contributed by atoms with Gasteiger partial charge in [0.05, 0.1) is 25.4 Å². The third kappa shape index (κ3) is 4.96. The van der Waals surface area contributed by atoms with Crippen LogP contribution in [0.3, 0.4) is 0 Å². The fraction of sp³-hybridized carbons (Fsp3) is 1.00. The van der Waals surface area contributed by atoms with Crippen LogP contribution >= 0.6 is 0 Å². The molecule has 2 unspecified atom stereocenters. The standard InChI is InChI=1S/C12H23NO2/c13-5-3-1-2-4-10(6-11-8-14-11)7-12-9-15-12/h10-12H,1-9,13H2. The van der Waals surface area contributed by atoms with Gasteiger partial charge >= 0.3 is 0 Å². The average molecular weight is 213 g/mol. The predicted octanol–water partition coefficient (Wildman–Crippen LogP) is 1.70. The molecule has 3 heteroatoms. The second kappa shape index (κ2) is 5.83. The van der Waals surface area contributed by atoms with Crippen molar-refractivity contribution in [3.63, 3.8) is 0 Å². The van der Waals surface area contributed by atoms with Gasteiger partial charge in [0.1, 0.15) is 0 Å². The number of unbranched alkanes of at least 4 members (excludes halogenated alkanes) is 2. The van der Waals surface area contributed by atoms with Gasteiger partial charge in [-0.2, -0.15) is 0 Å². The van der Waals surface area contributed by atoms with Crippen LogP contribution in [-0.2, 0) is 9.47 Å². The quantitative estimate of drug-likeness (QED) is 0.468. The van der Waals surface area contributed by atoms with Gasteiger partial charge in [-0.1, -0.05) is 19.3 Å². The van der Waals surface area contributed by atoms with Gasteiger partial charge in [-0.15, -0.1) is 0 Å². The van der Waals surface area contributed by atoms with Gasteiger partial charge in [-0.3, -0.25) is 0 Å². The Labute approximate surface area is 92.3 Å². The summed E-state index contributed by atoms with van der Waals surface area (Å²) in [6.45, 7) is 2.82. The summed E-state index contributed by atoms with van der Waals surface area (Å²) in [5, 5.41) is 0. The van der Waals surface area contributed by atoms with Gasteiger partial charge in [-0.05, 0) is 31.7 Å². The van der Waals surface area contributed by atoms with Crippen molar-refractivity contribution in [1.82, 2.24) is 0 Å². The van der Waals surface area contributed by atoms with Crippen LogP contribution in [0.25, 0.3) is 0 Å². The van der Waals surface area contributed by atoms with Gasteiger partial charge < -0.3 is 15.2 Å². The maximum atomic E-state index is 5.49. The highest BCUT2D eigenvalue weighted by Crippen LogP contribution is 2.30.